The fraction of sp³-hybridized carbons (Fsp3) is 0.273. The summed E-state index contributed by atoms with van der Waals surface area (Å²) in [5, 5.41) is 11.9. The van der Waals surface area contributed by atoms with Gasteiger partial charge in [0.1, 0.15) is 5.82 Å². The van der Waals surface area contributed by atoms with Crippen molar-refractivity contribution in [1.82, 2.24) is 4.98 Å². The lowest BCUT2D eigenvalue weighted by molar-refractivity contribution is 0.0696. The van der Waals surface area contributed by atoms with Crippen LogP contribution in [0.25, 0.3) is 0 Å². The first-order valence-electron chi connectivity index (χ1n) is 4.70. The van der Waals surface area contributed by atoms with Gasteiger partial charge in [-0.2, -0.15) is 0 Å². The number of anilines is 1. The van der Waals surface area contributed by atoms with Gasteiger partial charge in [0.05, 0.1) is 5.56 Å². The second-order valence-electron chi connectivity index (χ2n) is 3.19. The van der Waals surface area contributed by atoms with Crippen LogP contribution in [-0.4, -0.2) is 22.6 Å². The molecule has 1 aromatic heterocycles. The van der Waals surface area contributed by atoms with Crippen LogP contribution in [0.15, 0.2) is 24.8 Å². The van der Waals surface area contributed by atoms with E-state index in [-0.39, 0.29) is 18.0 Å². The van der Waals surface area contributed by atoms with Crippen molar-refractivity contribution in [1.29, 1.82) is 0 Å². The molecule has 0 saturated heterocycles. The zero-order valence-electron chi connectivity index (χ0n) is 9.06. The fourth-order valence-corrected chi connectivity index (χ4v) is 1.18. The maximum absolute atomic E-state index is 10.8. The number of nitrogens with one attached hydrogen (secondary N) is 1. The maximum Gasteiger partial charge on any atom is 0.335 e. The highest BCUT2D eigenvalue weighted by Crippen LogP contribution is 2.10. The quantitative estimate of drug-likeness (QED) is 0.615. The molecule has 0 fully saturated rings. The van der Waals surface area contributed by atoms with E-state index in [4.69, 9.17) is 5.11 Å². The van der Waals surface area contributed by atoms with Crippen molar-refractivity contribution in [2.24, 2.45) is 0 Å². The van der Waals surface area contributed by atoms with Crippen LogP contribution in [0.2, 0.25) is 0 Å². The number of nitrogens with zero attached hydrogens (tertiary/aromatic N) is 1. The summed E-state index contributed by atoms with van der Waals surface area (Å²) in [7, 11) is 0. The molecule has 0 aromatic carbocycles. The van der Waals surface area contributed by atoms with E-state index in [9.17, 15) is 4.79 Å². The van der Waals surface area contributed by atoms with Crippen LogP contribution in [0.1, 0.15) is 22.5 Å². The topological polar surface area (TPSA) is 62.2 Å². The molecule has 4 nitrogen and oxygen atoms in total. The van der Waals surface area contributed by atoms with E-state index in [1.54, 1.807) is 19.1 Å². The molecule has 0 aliphatic carbocycles. The van der Waals surface area contributed by atoms with Gasteiger partial charge in [0, 0.05) is 12.2 Å². The van der Waals surface area contributed by atoms with Gasteiger partial charge in [0.15, 0.2) is 0 Å². The molecule has 0 aliphatic heterocycles. The van der Waals surface area contributed by atoms with Crippen molar-refractivity contribution in [3.05, 3.63) is 36.0 Å². The first kappa shape index (κ1) is 14.5. The number of rotatable bonds is 5. The Morgan fingerprint density at radius 2 is 2.31 bits per heavy atom. The Morgan fingerprint density at radius 3 is 2.88 bits per heavy atom. The number of halogens is 1. The van der Waals surface area contributed by atoms with Gasteiger partial charge in [0.25, 0.3) is 0 Å². The molecule has 0 radical (unpaired) electrons. The number of hydrogen-bond donors (Lipinski definition) is 2. The van der Waals surface area contributed by atoms with Gasteiger partial charge >= 0.3 is 5.97 Å². The van der Waals surface area contributed by atoms with Crippen molar-refractivity contribution in [2.45, 2.75) is 13.3 Å². The van der Waals surface area contributed by atoms with Gasteiger partial charge in [-0.3, -0.25) is 0 Å². The fourth-order valence-electron chi connectivity index (χ4n) is 1.18. The molecule has 0 unspecified atom stereocenters. The van der Waals surface area contributed by atoms with Gasteiger partial charge in [-0.1, -0.05) is 6.08 Å². The second kappa shape index (κ2) is 6.85. The molecule has 0 saturated carbocycles. The standard InChI is InChI=1S/C11H14N2O2.ClH/c1-3-4-5-12-10-7-9(11(14)15)6-8(2)13-10;/h3,6-7H,1,4-5H2,2H3,(H,12,13)(H,14,15);1H. The van der Waals surface area contributed by atoms with Crippen molar-refractivity contribution in [3.63, 3.8) is 0 Å². The number of aromatic carboxylic acids is 1. The van der Waals surface area contributed by atoms with Gasteiger partial charge in [-0.15, -0.1) is 19.0 Å². The minimum Gasteiger partial charge on any atom is -0.478 e. The Balaban J connectivity index is 0.00000225. The molecule has 0 spiro atoms. The third-order valence-electron chi connectivity index (χ3n) is 1.85. The summed E-state index contributed by atoms with van der Waals surface area (Å²) in [6.45, 7) is 6.08. The zero-order chi connectivity index (χ0) is 11.3. The number of hydrogen-bond acceptors (Lipinski definition) is 3. The number of carboxylic acid groups (broad SMARTS) is 1. The van der Waals surface area contributed by atoms with Gasteiger partial charge in [0.2, 0.25) is 0 Å². The average Bonchev–Trinajstić information content (AvgIpc) is 2.17. The van der Waals surface area contributed by atoms with Crippen LogP contribution >= 0.6 is 12.4 Å². The van der Waals surface area contributed by atoms with Gasteiger partial charge in [-0.05, 0) is 25.5 Å². The zero-order valence-corrected chi connectivity index (χ0v) is 9.88. The second-order valence-corrected chi connectivity index (χ2v) is 3.19. The highest BCUT2D eigenvalue weighted by atomic mass is 35.5. The van der Waals surface area contributed by atoms with Crippen LogP contribution in [0.3, 0.4) is 0 Å². The summed E-state index contributed by atoms with van der Waals surface area (Å²) in [5.74, 6) is -0.346. The average molecular weight is 243 g/mol. The van der Waals surface area contributed by atoms with Crippen LogP contribution in [-0.2, 0) is 0 Å². The van der Waals surface area contributed by atoms with E-state index in [2.05, 4.69) is 16.9 Å². The Labute approximate surface area is 101 Å². The smallest absolute Gasteiger partial charge is 0.335 e. The lowest BCUT2D eigenvalue weighted by Gasteiger charge is -2.06. The third-order valence-corrected chi connectivity index (χ3v) is 1.85. The van der Waals surface area contributed by atoms with E-state index < -0.39 is 5.97 Å². The minimum atomic E-state index is -0.938. The van der Waals surface area contributed by atoms with E-state index in [1.807, 2.05) is 0 Å². The summed E-state index contributed by atoms with van der Waals surface area (Å²) >= 11 is 0. The number of pyridine rings is 1. The lowest BCUT2D eigenvalue weighted by atomic mass is 10.2. The number of aryl methyl sites for hydroxylation is 1. The Morgan fingerprint density at radius 1 is 1.62 bits per heavy atom. The Bertz CT molecular complexity index is 380. The van der Waals surface area contributed by atoms with E-state index in [0.29, 0.717) is 18.1 Å². The first-order valence-corrected chi connectivity index (χ1v) is 4.70. The molecule has 0 amide bonds. The highest BCUT2D eigenvalue weighted by Gasteiger charge is 2.05. The highest BCUT2D eigenvalue weighted by molar-refractivity contribution is 5.88. The largest absolute Gasteiger partial charge is 0.478 e. The molecule has 1 aromatic rings. The molecule has 0 atom stereocenters. The van der Waals surface area contributed by atoms with Crippen LogP contribution in [0.5, 0.6) is 0 Å². The molecular weight excluding hydrogens is 228 g/mol. The lowest BCUT2D eigenvalue weighted by Crippen LogP contribution is -2.06. The summed E-state index contributed by atoms with van der Waals surface area (Å²) in [4.78, 5) is 14.9. The van der Waals surface area contributed by atoms with Crippen molar-refractivity contribution >= 4 is 24.2 Å². The predicted molar refractivity (Wildman–Crippen MR) is 66.5 cm³/mol. The minimum absolute atomic E-state index is 0. The first-order chi connectivity index (χ1) is 7.13. The van der Waals surface area contributed by atoms with Crippen molar-refractivity contribution < 1.29 is 9.90 Å². The molecule has 0 bridgehead atoms. The molecule has 5 heteroatoms. The van der Waals surface area contributed by atoms with Gasteiger partial charge in [-0.25, -0.2) is 9.78 Å². The van der Waals surface area contributed by atoms with Crippen LogP contribution < -0.4 is 5.32 Å². The molecular formula is C11H15ClN2O2. The molecule has 16 heavy (non-hydrogen) atoms. The number of aromatic nitrogens is 1. The SMILES string of the molecule is C=CCCNc1cc(C(=O)O)cc(C)n1.Cl. The summed E-state index contributed by atoms with van der Waals surface area (Å²) in [5.41, 5.74) is 0.944. The van der Waals surface area contributed by atoms with Crippen LogP contribution in [0, 0.1) is 6.92 Å². The predicted octanol–water partition coefficient (Wildman–Crippen LogP) is 2.50. The van der Waals surface area contributed by atoms with E-state index >= 15 is 0 Å². The normalized spacial score (nSPS) is 9.06. The van der Waals surface area contributed by atoms with Crippen molar-refractivity contribution in [2.75, 3.05) is 11.9 Å². The van der Waals surface area contributed by atoms with E-state index in [1.165, 1.54) is 6.07 Å². The molecule has 1 heterocycles. The molecule has 0 aliphatic rings. The number of carbonyl (C=O) groups is 1. The Kier molecular flexibility index (Phi) is 6.18. The maximum atomic E-state index is 10.8. The molecule has 88 valence electrons. The van der Waals surface area contributed by atoms with Crippen LogP contribution in [0.4, 0.5) is 5.82 Å². The summed E-state index contributed by atoms with van der Waals surface area (Å²) in [6, 6.07) is 3.07. The third kappa shape index (κ3) is 4.31. The van der Waals surface area contributed by atoms with Crippen molar-refractivity contribution in [3.8, 4) is 0 Å². The summed E-state index contributed by atoms with van der Waals surface area (Å²) < 4.78 is 0. The summed E-state index contributed by atoms with van der Waals surface area (Å²) in [6.07, 6.45) is 2.61. The molecule has 2 N–H and O–H groups in total. The van der Waals surface area contributed by atoms with E-state index in [0.717, 1.165) is 6.42 Å². The van der Waals surface area contributed by atoms with Gasteiger partial charge < -0.3 is 10.4 Å². The monoisotopic (exact) mass is 242 g/mol. The molecule has 1 rings (SSSR count). The Hall–Kier alpha value is -1.55. The number of carboxylic acids is 1.